The fourth-order valence-corrected chi connectivity index (χ4v) is 0.823. The number of carboxylic acids is 1. The molecule has 13 heavy (non-hydrogen) atoms. The van der Waals surface area contributed by atoms with Crippen LogP contribution in [0.15, 0.2) is 17.5 Å². The number of hydrogen-bond donors (Lipinski definition) is 4. The third kappa shape index (κ3) is 2.19. The molecule has 0 fully saturated rings. The average molecular weight is 183 g/mol. The molecule has 7 heteroatoms. The molecule has 1 heterocycles. The number of nitrogens with zero attached hydrogens (tertiary/aromatic N) is 2. The SMILES string of the molecule is NC(N)=NC(C(=O)O)c1cnc[nH]1. The lowest BCUT2D eigenvalue weighted by molar-refractivity contribution is -0.138. The van der Waals surface area contributed by atoms with Crippen molar-refractivity contribution >= 4 is 11.9 Å². The summed E-state index contributed by atoms with van der Waals surface area (Å²) in [5, 5.41) is 8.73. The molecule has 0 bridgehead atoms. The fourth-order valence-electron chi connectivity index (χ4n) is 0.823. The standard InChI is InChI=1S/C6H9N5O2/c7-6(8)11-4(5(12)13)3-1-9-2-10-3/h1-2,4H,(H,9,10)(H,12,13)(H4,7,8,11). The van der Waals surface area contributed by atoms with E-state index in [2.05, 4.69) is 15.0 Å². The van der Waals surface area contributed by atoms with E-state index in [4.69, 9.17) is 16.6 Å². The van der Waals surface area contributed by atoms with Crippen LogP contribution in [0.4, 0.5) is 0 Å². The number of rotatable bonds is 3. The zero-order valence-corrected chi connectivity index (χ0v) is 6.64. The molecule has 1 atom stereocenters. The molecule has 0 spiro atoms. The second-order valence-electron chi connectivity index (χ2n) is 2.30. The molecule has 0 aromatic carbocycles. The van der Waals surface area contributed by atoms with Gasteiger partial charge in [-0.2, -0.15) is 0 Å². The minimum absolute atomic E-state index is 0.276. The highest BCUT2D eigenvalue weighted by molar-refractivity contribution is 5.82. The quantitative estimate of drug-likeness (QED) is 0.345. The van der Waals surface area contributed by atoms with Gasteiger partial charge in [0.15, 0.2) is 12.0 Å². The predicted molar refractivity (Wildman–Crippen MR) is 44.8 cm³/mol. The van der Waals surface area contributed by atoms with Gasteiger partial charge in [-0.05, 0) is 0 Å². The molecule has 1 rings (SSSR count). The predicted octanol–water partition coefficient (Wildman–Crippen LogP) is -1.19. The highest BCUT2D eigenvalue weighted by Gasteiger charge is 2.19. The Morgan fingerprint density at radius 1 is 1.69 bits per heavy atom. The Morgan fingerprint density at radius 3 is 2.77 bits per heavy atom. The van der Waals surface area contributed by atoms with E-state index in [1.54, 1.807) is 0 Å². The fraction of sp³-hybridized carbons (Fsp3) is 0.167. The number of carboxylic acid groups (broad SMARTS) is 1. The Bertz CT molecular complexity index is 314. The number of guanidine groups is 1. The molecule has 0 saturated heterocycles. The number of aromatic nitrogens is 2. The van der Waals surface area contributed by atoms with E-state index >= 15 is 0 Å². The number of imidazole rings is 1. The number of aliphatic carboxylic acids is 1. The summed E-state index contributed by atoms with van der Waals surface area (Å²) in [4.78, 5) is 20.5. The van der Waals surface area contributed by atoms with Crippen LogP contribution in [0.25, 0.3) is 0 Å². The van der Waals surface area contributed by atoms with Crippen LogP contribution in [0.3, 0.4) is 0 Å². The van der Waals surface area contributed by atoms with Crippen molar-refractivity contribution in [2.75, 3.05) is 0 Å². The zero-order valence-electron chi connectivity index (χ0n) is 6.64. The first-order chi connectivity index (χ1) is 6.11. The van der Waals surface area contributed by atoms with Crippen LogP contribution in [-0.4, -0.2) is 27.0 Å². The van der Waals surface area contributed by atoms with Gasteiger partial charge >= 0.3 is 5.97 Å². The Labute approximate surface area is 73.5 Å². The third-order valence-corrected chi connectivity index (χ3v) is 1.33. The highest BCUT2D eigenvalue weighted by Crippen LogP contribution is 2.13. The molecule has 1 unspecified atom stereocenters. The number of hydrogen-bond acceptors (Lipinski definition) is 3. The maximum atomic E-state index is 10.7. The zero-order chi connectivity index (χ0) is 9.84. The van der Waals surface area contributed by atoms with E-state index in [9.17, 15) is 4.79 Å². The Morgan fingerprint density at radius 2 is 2.38 bits per heavy atom. The van der Waals surface area contributed by atoms with Crippen LogP contribution in [-0.2, 0) is 4.79 Å². The molecule has 1 aromatic rings. The van der Waals surface area contributed by atoms with Crippen LogP contribution in [0.2, 0.25) is 0 Å². The lowest BCUT2D eigenvalue weighted by Gasteiger charge is -2.03. The molecule has 0 saturated carbocycles. The van der Waals surface area contributed by atoms with Crippen LogP contribution in [0.5, 0.6) is 0 Å². The van der Waals surface area contributed by atoms with Crippen molar-refractivity contribution in [3.63, 3.8) is 0 Å². The lowest BCUT2D eigenvalue weighted by atomic mass is 10.2. The van der Waals surface area contributed by atoms with Crippen molar-refractivity contribution in [2.45, 2.75) is 6.04 Å². The number of aromatic amines is 1. The topological polar surface area (TPSA) is 130 Å². The molecular weight excluding hydrogens is 174 g/mol. The maximum Gasteiger partial charge on any atom is 0.334 e. The van der Waals surface area contributed by atoms with Gasteiger partial charge in [0.1, 0.15) is 0 Å². The second-order valence-corrected chi connectivity index (χ2v) is 2.30. The van der Waals surface area contributed by atoms with Gasteiger partial charge < -0.3 is 21.6 Å². The normalized spacial score (nSPS) is 12.0. The minimum atomic E-state index is -1.14. The molecule has 0 aliphatic carbocycles. The number of nitrogens with two attached hydrogens (primary N) is 2. The first kappa shape index (κ1) is 9.04. The van der Waals surface area contributed by atoms with Gasteiger partial charge in [0.05, 0.1) is 18.2 Å². The van der Waals surface area contributed by atoms with E-state index in [1.165, 1.54) is 12.5 Å². The number of nitrogens with one attached hydrogen (secondary N) is 1. The second kappa shape index (κ2) is 3.57. The first-order valence-electron chi connectivity index (χ1n) is 3.41. The number of carbonyl (C=O) groups is 1. The van der Waals surface area contributed by atoms with Gasteiger partial charge in [-0.3, -0.25) is 0 Å². The molecule has 0 radical (unpaired) electrons. The summed E-state index contributed by atoms with van der Waals surface area (Å²) in [7, 11) is 0. The molecule has 0 amide bonds. The third-order valence-electron chi connectivity index (χ3n) is 1.33. The van der Waals surface area contributed by atoms with Gasteiger partial charge in [-0.25, -0.2) is 14.8 Å². The summed E-state index contributed by atoms with van der Waals surface area (Å²) in [5.74, 6) is -1.42. The van der Waals surface area contributed by atoms with Crippen LogP contribution in [0.1, 0.15) is 11.7 Å². The van der Waals surface area contributed by atoms with E-state index in [0.29, 0.717) is 5.69 Å². The molecule has 6 N–H and O–H groups in total. The monoisotopic (exact) mass is 183 g/mol. The van der Waals surface area contributed by atoms with E-state index in [1.807, 2.05) is 0 Å². The molecule has 0 aliphatic rings. The van der Waals surface area contributed by atoms with Crippen molar-refractivity contribution < 1.29 is 9.90 Å². The lowest BCUT2D eigenvalue weighted by Crippen LogP contribution is -2.25. The number of H-pyrrole nitrogens is 1. The highest BCUT2D eigenvalue weighted by atomic mass is 16.4. The van der Waals surface area contributed by atoms with E-state index in [0.717, 1.165) is 0 Å². The Kier molecular flexibility index (Phi) is 2.48. The smallest absolute Gasteiger partial charge is 0.334 e. The largest absolute Gasteiger partial charge is 0.479 e. The number of aliphatic imine (C=N–C) groups is 1. The van der Waals surface area contributed by atoms with Crippen LogP contribution in [0, 0.1) is 0 Å². The summed E-state index contributed by atoms with van der Waals surface area (Å²) >= 11 is 0. The van der Waals surface area contributed by atoms with Crippen molar-refractivity contribution in [3.05, 3.63) is 18.2 Å². The summed E-state index contributed by atoms with van der Waals surface area (Å²) < 4.78 is 0. The van der Waals surface area contributed by atoms with Gasteiger partial charge in [0.25, 0.3) is 0 Å². The van der Waals surface area contributed by atoms with Gasteiger partial charge in [-0.15, -0.1) is 0 Å². The molecule has 0 aliphatic heterocycles. The summed E-state index contributed by atoms with van der Waals surface area (Å²) in [6.07, 6.45) is 2.71. The molecule has 1 aromatic heterocycles. The van der Waals surface area contributed by atoms with Crippen molar-refractivity contribution in [1.29, 1.82) is 0 Å². The molecule has 7 nitrogen and oxygen atoms in total. The van der Waals surface area contributed by atoms with Crippen molar-refractivity contribution in [3.8, 4) is 0 Å². The molecular formula is C6H9N5O2. The van der Waals surface area contributed by atoms with Crippen LogP contribution >= 0.6 is 0 Å². The van der Waals surface area contributed by atoms with Crippen LogP contribution < -0.4 is 11.5 Å². The van der Waals surface area contributed by atoms with Gasteiger partial charge in [-0.1, -0.05) is 0 Å². The Balaban J connectivity index is 2.94. The summed E-state index contributed by atoms with van der Waals surface area (Å²) in [5.41, 5.74) is 10.5. The summed E-state index contributed by atoms with van der Waals surface area (Å²) in [6, 6.07) is -1.12. The summed E-state index contributed by atoms with van der Waals surface area (Å²) in [6.45, 7) is 0. The molecule has 70 valence electrons. The van der Waals surface area contributed by atoms with E-state index in [-0.39, 0.29) is 5.96 Å². The average Bonchev–Trinajstić information content (AvgIpc) is 2.50. The van der Waals surface area contributed by atoms with Crippen molar-refractivity contribution in [2.24, 2.45) is 16.5 Å². The minimum Gasteiger partial charge on any atom is -0.479 e. The van der Waals surface area contributed by atoms with Gasteiger partial charge in [0, 0.05) is 0 Å². The van der Waals surface area contributed by atoms with Crippen molar-refractivity contribution in [1.82, 2.24) is 9.97 Å². The van der Waals surface area contributed by atoms with E-state index < -0.39 is 12.0 Å². The van der Waals surface area contributed by atoms with Gasteiger partial charge in [0.2, 0.25) is 0 Å². The Hall–Kier alpha value is -2.05. The maximum absolute atomic E-state index is 10.7. The first-order valence-corrected chi connectivity index (χ1v) is 3.41.